The van der Waals surface area contributed by atoms with E-state index in [0.29, 0.717) is 52.9 Å². The van der Waals surface area contributed by atoms with Gasteiger partial charge in [0.15, 0.2) is 79.1 Å². The minimum Gasteiger partial charge on any atom is -0.432 e. The molecule has 0 spiro atoms. The van der Waals surface area contributed by atoms with Gasteiger partial charge in [-0.05, 0) is 145 Å². The Bertz CT molecular complexity index is 2250. The fourth-order valence-electron chi connectivity index (χ4n) is 8.74. The molecule has 2 fully saturated rings. The SMILES string of the molecule is CC(C)(C)[Si](C)(C)OC1O[C@H](COCCOCCOCCOC(=O)OCCOCCOCCOC[C@H]2OC(O[Si](C)(C)C(C)(C)C)[C@@H](O[Si](C)(C)C(C)(C)C)[C@@H](O[Si](C)(C)C(C)(C)C)[C@@H]2O[Si](C)(C)C(C)(C)C)[C@@H](O[Si](C)(C)C(C)(C)C)[C@H](O[Si](C)(C)C(C)(C)C)[C@@H]1O[Si](C)(C)C(C)(C)C. The van der Waals surface area contributed by atoms with Crippen LogP contribution in [0.1, 0.15) is 166 Å². The Morgan fingerprint density at radius 3 is 0.620 bits per heavy atom. The molecule has 0 radical (unpaired) electrons. The molecule has 0 aromatic carbocycles. The molecule has 19 nitrogen and oxygen atoms in total. The van der Waals surface area contributed by atoms with Gasteiger partial charge >= 0.3 is 6.16 Å². The van der Waals surface area contributed by atoms with E-state index in [9.17, 15) is 4.79 Å². The molecule has 0 saturated carbocycles. The van der Waals surface area contributed by atoms with Gasteiger partial charge in [0.2, 0.25) is 0 Å². The molecular weight excluding hydrogens is 1410 g/mol. The summed E-state index contributed by atoms with van der Waals surface area (Å²) >= 11 is 0. The first-order valence-electron chi connectivity index (χ1n) is 37.6. The van der Waals surface area contributed by atoms with Crippen LogP contribution >= 0.6 is 0 Å². The van der Waals surface area contributed by atoms with Crippen LogP contribution in [-0.4, -0.2) is 227 Å². The van der Waals surface area contributed by atoms with E-state index in [1.807, 2.05) is 0 Å². The van der Waals surface area contributed by atoms with Crippen molar-refractivity contribution in [1.29, 1.82) is 0 Å². The van der Waals surface area contributed by atoms with Gasteiger partial charge in [0.1, 0.15) is 62.0 Å². The number of ether oxygens (including phenoxy) is 10. The molecule has 0 aromatic heterocycles. The van der Waals surface area contributed by atoms with Gasteiger partial charge in [-0.15, -0.1) is 0 Å². The fourth-order valence-corrected chi connectivity index (χ4v) is 18.8. The highest BCUT2D eigenvalue weighted by Gasteiger charge is 2.61. The smallest absolute Gasteiger partial charge is 0.432 e. The van der Waals surface area contributed by atoms with Gasteiger partial charge in [-0.25, -0.2) is 4.79 Å². The molecule has 0 N–H and O–H groups in total. The van der Waals surface area contributed by atoms with Crippen molar-refractivity contribution in [3.05, 3.63) is 0 Å². The second kappa shape index (κ2) is 36.9. The largest absolute Gasteiger partial charge is 0.508 e. The molecular formula is C73H158O19Si8. The second-order valence-corrected chi connectivity index (χ2v) is 78.5. The third kappa shape index (κ3) is 28.7. The number of hydrogen-bond acceptors (Lipinski definition) is 19. The lowest BCUT2D eigenvalue weighted by Gasteiger charge is -2.55. The fraction of sp³-hybridized carbons (Fsp3) is 0.986. The number of rotatable bonds is 38. The highest BCUT2D eigenvalue weighted by molar-refractivity contribution is 6.77. The minimum absolute atomic E-state index is 0.0279. The summed E-state index contributed by atoms with van der Waals surface area (Å²) in [5.74, 6) is 0. The maximum absolute atomic E-state index is 12.4. The summed E-state index contributed by atoms with van der Waals surface area (Å²) in [6.45, 7) is 94.5. The number of hydrogen-bond donors (Lipinski definition) is 0. The molecule has 100 heavy (non-hydrogen) atoms. The van der Waals surface area contributed by atoms with Crippen molar-refractivity contribution in [2.75, 3.05) is 92.5 Å². The summed E-state index contributed by atoms with van der Waals surface area (Å²) in [5.41, 5.74) is 0. The molecule has 2 saturated heterocycles. The van der Waals surface area contributed by atoms with Crippen LogP contribution in [-0.2, 0) is 82.8 Å². The van der Waals surface area contributed by atoms with Gasteiger partial charge in [0, 0.05) is 0 Å². The Balaban J connectivity index is 2.00. The topological polar surface area (TPSA) is 183 Å². The van der Waals surface area contributed by atoms with E-state index in [4.69, 9.17) is 82.8 Å². The molecule has 596 valence electrons. The van der Waals surface area contributed by atoms with Gasteiger partial charge in [-0.1, -0.05) is 166 Å². The average Bonchev–Trinajstić information content (AvgIpc) is 0.752. The van der Waals surface area contributed by atoms with E-state index in [0.717, 1.165) is 0 Å². The molecule has 0 aromatic rings. The normalized spacial score (nSPS) is 23.9. The van der Waals surface area contributed by atoms with Crippen LogP contribution in [0.5, 0.6) is 0 Å². The lowest BCUT2D eigenvalue weighted by atomic mass is 9.99. The van der Waals surface area contributed by atoms with Crippen LogP contribution in [0, 0.1) is 0 Å². The maximum Gasteiger partial charge on any atom is 0.508 e. The first-order valence-corrected chi connectivity index (χ1v) is 60.9. The zero-order chi connectivity index (χ0) is 78.0. The highest BCUT2D eigenvalue weighted by Crippen LogP contribution is 2.51. The van der Waals surface area contributed by atoms with Crippen molar-refractivity contribution in [3.8, 4) is 0 Å². The van der Waals surface area contributed by atoms with Gasteiger partial charge in [-0.2, -0.15) is 0 Å². The Kier molecular flexibility index (Phi) is 35.6. The Labute approximate surface area is 621 Å². The molecule has 0 aliphatic carbocycles. The quantitative estimate of drug-likeness (QED) is 0.0323. The van der Waals surface area contributed by atoms with Gasteiger partial charge in [0.25, 0.3) is 0 Å². The first-order chi connectivity index (χ1) is 44.6. The Hall–Kier alpha value is 0.365. The molecule has 2 rings (SSSR count). The van der Waals surface area contributed by atoms with E-state index in [1.165, 1.54) is 0 Å². The van der Waals surface area contributed by atoms with E-state index in [2.05, 4.69) is 271 Å². The second-order valence-electron chi connectivity index (χ2n) is 40.4. The predicted molar refractivity (Wildman–Crippen MR) is 429 cm³/mol. The van der Waals surface area contributed by atoms with Crippen LogP contribution in [0.2, 0.25) is 145 Å². The van der Waals surface area contributed by atoms with Crippen molar-refractivity contribution in [2.24, 2.45) is 0 Å². The zero-order valence-electron chi connectivity index (χ0n) is 71.9. The van der Waals surface area contributed by atoms with Gasteiger partial charge < -0.3 is 82.8 Å². The minimum atomic E-state index is -2.44. The third-order valence-corrected chi connectivity index (χ3v) is 59.7. The summed E-state index contributed by atoms with van der Waals surface area (Å²) in [6, 6.07) is 0. The molecule has 0 amide bonds. The van der Waals surface area contributed by atoms with Gasteiger partial charge in [0.05, 0.1) is 79.3 Å². The summed E-state index contributed by atoms with van der Waals surface area (Å²) in [6.07, 6.45) is -6.18. The van der Waals surface area contributed by atoms with Crippen LogP contribution in [0.3, 0.4) is 0 Å². The first kappa shape index (κ1) is 96.4. The highest BCUT2D eigenvalue weighted by atomic mass is 28.4. The maximum atomic E-state index is 12.4. The van der Waals surface area contributed by atoms with Crippen molar-refractivity contribution in [2.45, 2.75) is 373 Å². The molecule has 2 heterocycles. The standard InChI is InChI=1S/C73H158O19Si8/c1-66(2,3)93(25,26)85-57-55(83-63(91-99(37,38)72(19,20)21)61(89-97(33,34)70(13,14)15)59(57)87-95(29,30)68(7,8)9)53-79-47-45-75-41-43-77-49-51-81-65(74)82-52-50-78-44-42-76-46-48-80-54-56-58(86-94(27,28)67(4,5)6)60(88-96(31,32)69(10,11)12)62(90-98(35,36)71(16,17)18)64(84-56)92-100(39,40)73(22,23)24/h55-64H,41-54H2,1-40H3/t55-,56-,57-,58-,59+,60+,61+,62+,63?,64?/m1/s1. The Morgan fingerprint density at radius 1 is 0.240 bits per heavy atom. The molecule has 2 aliphatic rings. The Morgan fingerprint density at radius 2 is 0.410 bits per heavy atom. The van der Waals surface area contributed by atoms with Crippen LogP contribution in [0.15, 0.2) is 0 Å². The summed E-state index contributed by atoms with van der Waals surface area (Å²) in [7, 11) is -19.4. The molecule has 2 unspecified atom stereocenters. The molecule has 0 bridgehead atoms. The van der Waals surface area contributed by atoms with Crippen molar-refractivity contribution in [3.63, 3.8) is 0 Å². The predicted octanol–water partition coefficient (Wildman–Crippen LogP) is 19.1. The van der Waals surface area contributed by atoms with Crippen LogP contribution < -0.4 is 0 Å². The lowest BCUT2D eigenvalue weighted by molar-refractivity contribution is -0.273. The van der Waals surface area contributed by atoms with Crippen molar-refractivity contribution < 1.29 is 87.6 Å². The third-order valence-electron chi connectivity index (χ3n) is 24.0. The number of carbonyl (C=O) groups is 1. The van der Waals surface area contributed by atoms with E-state index >= 15 is 0 Å². The summed E-state index contributed by atoms with van der Waals surface area (Å²) in [5, 5.41) is -0.667. The molecule has 10 atom stereocenters. The molecule has 27 heteroatoms. The van der Waals surface area contributed by atoms with E-state index < -0.39 is 134 Å². The monoisotopic (exact) mass is 1560 g/mol. The summed E-state index contributed by atoms with van der Waals surface area (Å²) < 4.78 is 121. The lowest BCUT2D eigenvalue weighted by Crippen LogP contribution is -2.69. The van der Waals surface area contributed by atoms with Crippen LogP contribution in [0.25, 0.3) is 0 Å². The van der Waals surface area contributed by atoms with Gasteiger partial charge in [-0.3, -0.25) is 0 Å². The van der Waals surface area contributed by atoms with E-state index in [1.54, 1.807) is 0 Å². The van der Waals surface area contributed by atoms with Crippen molar-refractivity contribution in [1.82, 2.24) is 0 Å². The van der Waals surface area contributed by atoms with E-state index in [-0.39, 0.29) is 79.9 Å². The zero-order valence-corrected chi connectivity index (χ0v) is 79.9. The van der Waals surface area contributed by atoms with Crippen LogP contribution in [0.4, 0.5) is 4.79 Å². The average molecular weight is 1560 g/mol. The molecule has 2 aliphatic heterocycles. The van der Waals surface area contributed by atoms with Crippen molar-refractivity contribution >= 4 is 72.7 Å². The number of carbonyl (C=O) groups excluding carboxylic acids is 1. The summed E-state index contributed by atoms with van der Waals surface area (Å²) in [4.78, 5) is 12.4.